The Morgan fingerprint density at radius 2 is 1.84 bits per heavy atom. The smallest absolute Gasteiger partial charge is 0.343 e. The molecule has 2 aromatic rings. The number of likely N-dealkylation sites (tertiary alicyclic amines) is 1. The lowest BCUT2D eigenvalue weighted by Crippen LogP contribution is -2.46. The zero-order valence-corrected chi connectivity index (χ0v) is 18.8. The van der Waals surface area contributed by atoms with Gasteiger partial charge < -0.3 is 14.6 Å². The number of benzene rings is 2. The highest BCUT2D eigenvalue weighted by Gasteiger charge is 2.53. The van der Waals surface area contributed by atoms with Gasteiger partial charge in [0.1, 0.15) is 11.9 Å². The Kier molecular flexibility index (Phi) is 5.95. The standard InChI is InChI=1S/C27H33NO4/c1-31-23-13-7-8-19(16-23)17-28-18-20-14-15-24(28)25(20)32-26(29)27(30,22-11-5-6-12-22)21-9-3-2-4-10-21/h2-4,7-10,13,16,20,22,24-25,30H,5-6,11-12,14-15,17-18H2,1H3/t20?,24-,25?,27?/m1/s1. The molecule has 0 aromatic heterocycles. The Labute approximate surface area is 190 Å². The van der Waals surface area contributed by atoms with E-state index in [0.29, 0.717) is 11.5 Å². The van der Waals surface area contributed by atoms with Crippen molar-refractivity contribution in [3.63, 3.8) is 0 Å². The summed E-state index contributed by atoms with van der Waals surface area (Å²) in [6.45, 7) is 1.74. The van der Waals surface area contributed by atoms with E-state index < -0.39 is 11.6 Å². The van der Waals surface area contributed by atoms with Gasteiger partial charge in [0.2, 0.25) is 0 Å². The van der Waals surface area contributed by atoms with Crippen LogP contribution in [-0.4, -0.2) is 41.8 Å². The van der Waals surface area contributed by atoms with E-state index in [0.717, 1.165) is 57.4 Å². The second-order valence-electron chi connectivity index (χ2n) is 9.67. The summed E-state index contributed by atoms with van der Waals surface area (Å²) in [5, 5.41) is 11.8. The largest absolute Gasteiger partial charge is 0.497 e. The summed E-state index contributed by atoms with van der Waals surface area (Å²) in [4.78, 5) is 16.0. The van der Waals surface area contributed by atoms with Crippen molar-refractivity contribution in [2.45, 2.75) is 62.8 Å². The number of ether oxygens (including phenoxy) is 2. The summed E-state index contributed by atoms with van der Waals surface area (Å²) in [5.41, 5.74) is 0.307. The number of carbonyl (C=O) groups excluding carboxylic acids is 1. The van der Waals surface area contributed by atoms with Gasteiger partial charge >= 0.3 is 5.97 Å². The maximum atomic E-state index is 13.6. The van der Waals surface area contributed by atoms with Crippen LogP contribution in [0.4, 0.5) is 0 Å². The van der Waals surface area contributed by atoms with E-state index in [-0.39, 0.29) is 18.1 Å². The van der Waals surface area contributed by atoms with Gasteiger partial charge in [0, 0.05) is 31.0 Å². The average Bonchev–Trinajstić information content (AvgIpc) is 3.57. The second-order valence-corrected chi connectivity index (χ2v) is 9.67. The van der Waals surface area contributed by atoms with Crippen LogP contribution in [0, 0.1) is 11.8 Å². The third kappa shape index (κ3) is 3.82. The molecule has 1 aliphatic heterocycles. The van der Waals surface area contributed by atoms with Crippen molar-refractivity contribution in [2.75, 3.05) is 13.7 Å². The first-order valence-electron chi connectivity index (χ1n) is 12.0. The number of esters is 1. The number of carbonyl (C=O) groups is 1. The Morgan fingerprint density at radius 1 is 1.06 bits per heavy atom. The fourth-order valence-electron chi connectivity index (χ4n) is 6.18. The molecule has 5 heteroatoms. The summed E-state index contributed by atoms with van der Waals surface area (Å²) in [7, 11) is 1.69. The van der Waals surface area contributed by atoms with Crippen molar-refractivity contribution in [3.05, 3.63) is 65.7 Å². The minimum absolute atomic E-state index is 0.0793. The molecule has 2 aromatic carbocycles. The van der Waals surface area contributed by atoms with E-state index >= 15 is 0 Å². The van der Waals surface area contributed by atoms with Crippen molar-refractivity contribution in [1.82, 2.24) is 4.90 Å². The number of piperidine rings is 1. The lowest BCUT2D eigenvalue weighted by Gasteiger charge is -2.34. The van der Waals surface area contributed by atoms with Crippen molar-refractivity contribution < 1.29 is 19.4 Å². The zero-order valence-electron chi connectivity index (χ0n) is 18.8. The van der Waals surface area contributed by atoms with Gasteiger partial charge in [0.25, 0.3) is 0 Å². The van der Waals surface area contributed by atoms with Crippen molar-refractivity contribution in [1.29, 1.82) is 0 Å². The molecular formula is C27H33NO4. The molecule has 1 saturated heterocycles. The Balaban J connectivity index is 1.33. The lowest BCUT2D eigenvalue weighted by atomic mass is 9.80. The molecule has 0 amide bonds. The zero-order chi connectivity index (χ0) is 22.1. The lowest BCUT2D eigenvalue weighted by molar-refractivity contribution is -0.181. The molecule has 1 N–H and O–H groups in total. The molecule has 170 valence electrons. The van der Waals surface area contributed by atoms with Gasteiger partial charge in [-0.1, -0.05) is 55.3 Å². The van der Waals surface area contributed by atoms with Gasteiger partial charge in [0.15, 0.2) is 5.60 Å². The highest BCUT2D eigenvalue weighted by molar-refractivity contribution is 5.82. The van der Waals surface area contributed by atoms with Crippen LogP contribution in [0.25, 0.3) is 0 Å². The first-order valence-corrected chi connectivity index (χ1v) is 12.0. The highest BCUT2D eigenvalue weighted by Crippen LogP contribution is 2.45. The minimum Gasteiger partial charge on any atom is -0.497 e. The number of hydrogen-bond acceptors (Lipinski definition) is 5. The van der Waals surface area contributed by atoms with E-state index in [1.807, 2.05) is 42.5 Å². The van der Waals surface area contributed by atoms with Gasteiger partial charge in [0.05, 0.1) is 7.11 Å². The molecular weight excluding hydrogens is 402 g/mol. The number of methoxy groups -OCH3 is 1. The SMILES string of the molecule is COc1cccc(CN2CC3CC[C@@H]2C3OC(=O)C(O)(c2ccccc2)C2CCCC2)c1. The maximum Gasteiger partial charge on any atom is 0.343 e. The van der Waals surface area contributed by atoms with Crippen molar-refractivity contribution in [3.8, 4) is 5.75 Å². The molecule has 2 bridgehead atoms. The topological polar surface area (TPSA) is 59.0 Å². The van der Waals surface area contributed by atoms with Crippen LogP contribution < -0.4 is 4.74 Å². The first kappa shape index (κ1) is 21.5. The molecule has 3 aliphatic rings. The fourth-order valence-corrected chi connectivity index (χ4v) is 6.18. The molecule has 5 rings (SSSR count). The van der Waals surface area contributed by atoms with E-state index in [1.165, 1.54) is 5.56 Å². The van der Waals surface area contributed by atoms with Gasteiger partial charge in [-0.05, 0) is 48.9 Å². The summed E-state index contributed by atoms with van der Waals surface area (Å²) in [6.07, 6.45) is 5.78. The number of fused-ring (bicyclic) bond motifs is 2. The van der Waals surface area contributed by atoms with Crippen LogP contribution in [0.15, 0.2) is 54.6 Å². The first-order chi connectivity index (χ1) is 15.6. The van der Waals surface area contributed by atoms with Gasteiger partial charge in [-0.2, -0.15) is 0 Å². The third-order valence-electron chi connectivity index (χ3n) is 7.85. The van der Waals surface area contributed by atoms with Crippen LogP contribution in [-0.2, 0) is 21.7 Å². The number of nitrogens with zero attached hydrogens (tertiary/aromatic N) is 1. The van der Waals surface area contributed by atoms with Crippen molar-refractivity contribution >= 4 is 5.97 Å². The van der Waals surface area contributed by atoms with Crippen LogP contribution >= 0.6 is 0 Å². The summed E-state index contributed by atoms with van der Waals surface area (Å²) < 4.78 is 11.6. The van der Waals surface area contributed by atoms with Gasteiger partial charge in [-0.3, -0.25) is 4.90 Å². The molecule has 32 heavy (non-hydrogen) atoms. The van der Waals surface area contributed by atoms with E-state index in [9.17, 15) is 9.90 Å². The molecule has 4 atom stereocenters. The number of rotatable bonds is 7. The fraction of sp³-hybridized carbons (Fsp3) is 0.519. The van der Waals surface area contributed by atoms with Crippen LogP contribution in [0.1, 0.15) is 49.7 Å². The maximum absolute atomic E-state index is 13.6. The Bertz CT molecular complexity index is 942. The summed E-state index contributed by atoms with van der Waals surface area (Å²) in [5.74, 6) is 0.655. The molecule has 0 spiro atoms. The highest BCUT2D eigenvalue weighted by atomic mass is 16.6. The monoisotopic (exact) mass is 435 g/mol. The third-order valence-corrected chi connectivity index (χ3v) is 7.85. The van der Waals surface area contributed by atoms with E-state index in [2.05, 4.69) is 17.0 Å². The quantitative estimate of drug-likeness (QED) is 0.658. The average molecular weight is 436 g/mol. The normalized spacial score (nSPS) is 27.4. The van der Waals surface area contributed by atoms with Gasteiger partial charge in [-0.25, -0.2) is 4.79 Å². The Morgan fingerprint density at radius 3 is 2.59 bits per heavy atom. The molecule has 2 aliphatic carbocycles. The van der Waals surface area contributed by atoms with Crippen LogP contribution in [0.5, 0.6) is 5.75 Å². The predicted octanol–water partition coefficient (Wildman–Crippen LogP) is 4.28. The van der Waals surface area contributed by atoms with Crippen LogP contribution in [0.2, 0.25) is 0 Å². The second kappa shape index (κ2) is 8.87. The molecule has 3 unspecified atom stereocenters. The molecule has 2 saturated carbocycles. The van der Waals surface area contributed by atoms with E-state index in [1.54, 1.807) is 7.11 Å². The van der Waals surface area contributed by atoms with Crippen molar-refractivity contribution in [2.24, 2.45) is 11.8 Å². The van der Waals surface area contributed by atoms with Gasteiger partial charge in [-0.15, -0.1) is 0 Å². The van der Waals surface area contributed by atoms with E-state index in [4.69, 9.17) is 9.47 Å². The summed E-state index contributed by atoms with van der Waals surface area (Å²) >= 11 is 0. The molecule has 0 radical (unpaired) electrons. The minimum atomic E-state index is -1.56. The Hall–Kier alpha value is -2.37. The molecule has 5 nitrogen and oxygen atoms in total. The number of hydrogen-bond donors (Lipinski definition) is 1. The molecule has 3 fully saturated rings. The van der Waals surface area contributed by atoms with Crippen LogP contribution in [0.3, 0.4) is 0 Å². The predicted molar refractivity (Wildman–Crippen MR) is 122 cm³/mol. The molecule has 1 heterocycles. The number of aliphatic hydroxyl groups is 1. The summed E-state index contributed by atoms with van der Waals surface area (Å²) in [6, 6.07) is 17.8.